The van der Waals surface area contributed by atoms with E-state index in [1.165, 1.54) is 0 Å². The number of H-pyrrole nitrogens is 2. The molecule has 0 aliphatic heterocycles. The standard InChI is InChI=1S/C31H22N2O3/c34-30(27-18-22-13-7-8-14-25(22)32-27)28-19-23-17-24(15-16-26(23)33-28)36-31(35)29(20-9-3-1-4-10-20)21-11-5-2-6-12-21/h1-19,29,32-33H. The Balaban J connectivity index is 1.28. The number of fused-ring (bicyclic) bond motifs is 2. The molecular weight excluding hydrogens is 448 g/mol. The Bertz CT molecular complexity index is 1630. The van der Waals surface area contributed by atoms with E-state index in [2.05, 4.69) is 9.97 Å². The van der Waals surface area contributed by atoms with Crippen LogP contribution in [0.3, 0.4) is 0 Å². The Morgan fingerprint density at radius 1 is 0.583 bits per heavy atom. The van der Waals surface area contributed by atoms with Gasteiger partial charge in [0.15, 0.2) is 0 Å². The van der Waals surface area contributed by atoms with E-state index < -0.39 is 5.92 Å². The van der Waals surface area contributed by atoms with Gasteiger partial charge in [0, 0.05) is 21.8 Å². The van der Waals surface area contributed by atoms with Gasteiger partial charge in [-0.3, -0.25) is 9.59 Å². The molecule has 6 aromatic rings. The predicted molar refractivity (Wildman–Crippen MR) is 140 cm³/mol. The van der Waals surface area contributed by atoms with E-state index in [4.69, 9.17) is 4.74 Å². The number of hydrogen-bond acceptors (Lipinski definition) is 3. The van der Waals surface area contributed by atoms with Crippen LogP contribution in [0.4, 0.5) is 0 Å². The van der Waals surface area contributed by atoms with Crippen molar-refractivity contribution in [1.29, 1.82) is 0 Å². The zero-order chi connectivity index (χ0) is 24.5. The molecule has 0 aliphatic rings. The highest BCUT2D eigenvalue weighted by Gasteiger charge is 2.25. The van der Waals surface area contributed by atoms with Crippen molar-refractivity contribution in [3.63, 3.8) is 0 Å². The number of esters is 1. The summed E-state index contributed by atoms with van der Waals surface area (Å²) in [5, 5.41) is 1.77. The molecule has 0 aliphatic carbocycles. The van der Waals surface area contributed by atoms with Crippen LogP contribution in [0.15, 0.2) is 115 Å². The summed E-state index contributed by atoms with van der Waals surface area (Å²) >= 11 is 0. The van der Waals surface area contributed by atoms with Crippen LogP contribution in [0, 0.1) is 0 Å². The smallest absolute Gasteiger partial charge is 0.323 e. The van der Waals surface area contributed by atoms with E-state index in [1.54, 1.807) is 18.2 Å². The molecule has 0 bridgehead atoms. The van der Waals surface area contributed by atoms with Crippen LogP contribution in [0.2, 0.25) is 0 Å². The normalized spacial score (nSPS) is 11.2. The lowest BCUT2D eigenvalue weighted by Gasteiger charge is -2.17. The molecule has 174 valence electrons. The summed E-state index contributed by atoms with van der Waals surface area (Å²) in [4.78, 5) is 32.8. The highest BCUT2D eigenvalue weighted by Crippen LogP contribution is 2.29. The lowest BCUT2D eigenvalue weighted by Crippen LogP contribution is -2.20. The largest absolute Gasteiger partial charge is 0.426 e. The van der Waals surface area contributed by atoms with Crippen molar-refractivity contribution in [2.75, 3.05) is 0 Å². The van der Waals surface area contributed by atoms with Crippen molar-refractivity contribution in [2.24, 2.45) is 0 Å². The summed E-state index contributed by atoms with van der Waals surface area (Å²) in [6.07, 6.45) is 0. The number of ketones is 1. The van der Waals surface area contributed by atoms with E-state index in [9.17, 15) is 9.59 Å². The van der Waals surface area contributed by atoms with Gasteiger partial charge in [0.2, 0.25) is 5.78 Å². The van der Waals surface area contributed by atoms with E-state index in [0.717, 1.165) is 32.9 Å². The van der Waals surface area contributed by atoms with Crippen molar-refractivity contribution in [3.05, 3.63) is 138 Å². The second-order valence-electron chi connectivity index (χ2n) is 8.71. The first-order valence-corrected chi connectivity index (χ1v) is 11.7. The molecule has 5 nitrogen and oxygen atoms in total. The van der Waals surface area contributed by atoms with Crippen molar-refractivity contribution >= 4 is 33.6 Å². The van der Waals surface area contributed by atoms with Crippen LogP contribution in [-0.2, 0) is 4.79 Å². The maximum atomic E-state index is 13.3. The molecule has 2 heterocycles. The summed E-state index contributed by atoms with van der Waals surface area (Å²) in [5.74, 6) is -0.618. The number of aromatic nitrogens is 2. The van der Waals surface area contributed by atoms with Crippen LogP contribution >= 0.6 is 0 Å². The molecular formula is C31H22N2O3. The first-order chi connectivity index (χ1) is 17.7. The van der Waals surface area contributed by atoms with Crippen molar-refractivity contribution in [3.8, 4) is 5.75 Å². The Morgan fingerprint density at radius 2 is 1.14 bits per heavy atom. The highest BCUT2D eigenvalue weighted by atomic mass is 16.5. The minimum atomic E-state index is -0.548. The quantitative estimate of drug-likeness (QED) is 0.163. The number of ether oxygens (including phenoxy) is 1. The van der Waals surface area contributed by atoms with Gasteiger partial charge in [0.05, 0.1) is 11.4 Å². The van der Waals surface area contributed by atoms with Gasteiger partial charge in [-0.25, -0.2) is 0 Å². The number of para-hydroxylation sites is 1. The van der Waals surface area contributed by atoms with Gasteiger partial charge in [-0.1, -0.05) is 78.9 Å². The fraction of sp³-hybridized carbons (Fsp3) is 0.0323. The lowest BCUT2D eigenvalue weighted by molar-refractivity contribution is -0.135. The average Bonchev–Trinajstić information content (AvgIpc) is 3.54. The maximum absolute atomic E-state index is 13.3. The third-order valence-electron chi connectivity index (χ3n) is 6.33. The second kappa shape index (κ2) is 9.04. The van der Waals surface area contributed by atoms with Crippen LogP contribution in [0.25, 0.3) is 21.8 Å². The molecule has 6 rings (SSSR count). The van der Waals surface area contributed by atoms with Gasteiger partial charge in [0.1, 0.15) is 11.7 Å². The molecule has 0 atom stereocenters. The van der Waals surface area contributed by atoms with Gasteiger partial charge < -0.3 is 14.7 Å². The third-order valence-corrected chi connectivity index (χ3v) is 6.33. The van der Waals surface area contributed by atoms with Crippen LogP contribution in [-0.4, -0.2) is 21.7 Å². The lowest BCUT2D eigenvalue weighted by atomic mass is 9.91. The topological polar surface area (TPSA) is 75.0 Å². The van der Waals surface area contributed by atoms with Crippen molar-refractivity contribution in [1.82, 2.24) is 9.97 Å². The van der Waals surface area contributed by atoms with Gasteiger partial charge >= 0.3 is 5.97 Å². The van der Waals surface area contributed by atoms with Crippen molar-refractivity contribution in [2.45, 2.75) is 5.92 Å². The summed E-state index contributed by atoms with van der Waals surface area (Å²) in [7, 11) is 0. The SMILES string of the molecule is O=C(c1cc2ccccc2[nH]1)c1cc2cc(OC(=O)C(c3ccccc3)c3ccccc3)ccc2[nH]1. The number of aromatic amines is 2. The molecule has 0 radical (unpaired) electrons. The molecule has 2 N–H and O–H groups in total. The fourth-order valence-corrected chi connectivity index (χ4v) is 4.57. The molecule has 5 heteroatoms. The third kappa shape index (κ3) is 4.07. The zero-order valence-electron chi connectivity index (χ0n) is 19.3. The van der Waals surface area contributed by atoms with Crippen LogP contribution in [0.1, 0.15) is 33.2 Å². The second-order valence-corrected chi connectivity index (χ2v) is 8.71. The summed E-state index contributed by atoms with van der Waals surface area (Å²) in [6.45, 7) is 0. The zero-order valence-corrected chi connectivity index (χ0v) is 19.3. The molecule has 0 saturated heterocycles. The average molecular weight is 471 g/mol. The van der Waals surface area contributed by atoms with Crippen molar-refractivity contribution < 1.29 is 14.3 Å². The van der Waals surface area contributed by atoms with Gasteiger partial charge in [-0.15, -0.1) is 0 Å². The monoisotopic (exact) mass is 470 g/mol. The van der Waals surface area contributed by atoms with Crippen LogP contribution in [0.5, 0.6) is 5.75 Å². The Labute approximate surface area is 207 Å². The van der Waals surface area contributed by atoms with Gasteiger partial charge in [0.25, 0.3) is 0 Å². The summed E-state index contributed by atoms with van der Waals surface area (Å²) in [6, 6.07) is 35.9. The van der Waals surface area contributed by atoms with Crippen LogP contribution < -0.4 is 4.74 Å². The molecule has 0 amide bonds. The fourth-order valence-electron chi connectivity index (χ4n) is 4.57. The predicted octanol–water partition coefficient (Wildman–Crippen LogP) is 6.62. The Morgan fingerprint density at radius 3 is 1.78 bits per heavy atom. The molecule has 0 fully saturated rings. The number of hydrogen-bond donors (Lipinski definition) is 2. The van der Waals surface area contributed by atoms with E-state index in [0.29, 0.717) is 17.1 Å². The Kier molecular flexibility index (Phi) is 5.43. The van der Waals surface area contributed by atoms with E-state index in [1.807, 2.05) is 97.1 Å². The number of nitrogens with one attached hydrogen (secondary N) is 2. The number of carbonyl (C=O) groups is 2. The molecule has 4 aromatic carbocycles. The summed E-state index contributed by atoms with van der Waals surface area (Å²) in [5.41, 5.74) is 4.41. The number of carbonyl (C=O) groups excluding carboxylic acids is 2. The minimum Gasteiger partial charge on any atom is -0.426 e. The molecule has 0 saturated carbocycles. The molecule has 2 aromatic heterocycles. The highest BCUT2D eigenvalue weighted by molar-refractivity contribution is 6.11. The van der Waals surface area contributed by atoms with Gasteiger partial charge in [-0.2, -0.15) is 0 Å². The first kappa shape index (κ1) is 21.6. The number of rotatable bonds is 6. The Hall–Kier alpha value is -4.90. The van der Waals surface area contributed by atoms with E-state index >= 15 is 0 Å². The minimum absolute atomic E-state index is 0.130. The van der Waals surface area contributed by atoms with Gasteiger partial charge in [-0.05, 0) is 47.5 Å². The first-order valence-electron chi connectivity index (χ1n) is 11.7. The summed E-state index contributed by atoms with van der Waals surface area (Å²) < 4.78 is 5.84. The maximum Gasteiger partial charge on any atom is 0.323 e. The molecule has 0 unspecified atom stereocenters. The molecule has 36 heavy (non-hydrogen) atoms. The number of benzene rings is 4. The molecule has 0 spiro atoms. The van der Waals surface area contributed by atoms with E-state index in [-0.39, 0.29) is 11.8 Å².